The van der Waals surface area contributed by atoms with E-state index in [9.17, 15) is 9.59 Å². The Morgan fingerprint density at radius 3 is 2.56 bits per heavy atom. The molecule has 0 saturated carbocycles. The lowest BCUT2D eigenvalue weighted by atomic mass is 10.2. The minimum atomic E-state index is -0.598. The Morgan fingerprint density at radius 2 is 2.06 bits per heavy atom. The van der Waals surface area contributed by atoms with Crippen LogP contribution >= 0.6 is 11.6 Å². The van der Waals surface area contributed by atoms with Crippen LogP contribution in [0.4, 0.5) is 5.69 Å². The number of hydrogen-bond acceptors (Lipinski definition) is 3. The van der Waals surface area contributed by atoms with Gasteiger partial charge < -0.3 is 16.4 Å². The fraction of sp³-hybridized carbons (Fsp3) is 0.333. The number of benzene rings is 1. The summed E-state index contributed by atoms with van der Waals surface area (Å²) in [4.78, 5) is 22.5. The van der Waals surface area contributed by atoms with Gasteiger partial charge in [-0.25, -0.2) is 0 Å². The summed E-state index contributed by atoms with van der Waals surface area (Å²) < 4.78 is 0. The third-order valence-electron chi connectivity index (χ3n) is 2.19. The van der Waals surface area contributed by atoms with Crippen LogP contribution in [0, 0.1) is 0 Å². The molecular weight excluding hydrogens is 254 g/mol. The quantitative estimate of drug-likeness (QED) is 0.755. The molecule has 0 bridgehead atoms. The smallest absolute Gasteiger partial charge is 0.250 e. The molecule has 0 heterocycles. The van der Waals surface area contributed by atoms with E-state index in [1.165, 1.54) is 12.1 Å². The molecule has 2 amide bonds. The molecule has 0 radical (unpaired) electrons. The first-order valence-corrected chi connectivity index (χ1v) is 5.90. The Balaban J connectivity index is 2.66. The number of carbonyl (C=O) groups excluding carboxylic acids is 2. The molecule has 0 spiro atoms. The predicted octanol–water partition coefficient (Wildman–Crippen LogP) is 1.38. The van der Waals surface area contributed by atoms with Crippen molar-refractivity contribution in [3.63, 3.8) is 0 Å². The van der Waals surface area contributed by atoms with Crippen molar-refractivity contribution in [1.82, 2.24) is 5.32 Å². The zero-order valence-corrected chi connectivity index (χ0v) is 11.0. The van der Waals surface area contributed by atoms with Crippen LogP contribution in [0.3, 0.4) is 0 Å². The van der Waals surface area contributed by atoms with Crippen molar-refractivity contribution in [2.45, 2.75) is 19.9 Å². The number of amides is 2. The van der Waals surface area contributed by atoms with E-state index in [2.05, 4.69) is 10.6 Å². The Labute approximate surface area is 111 Å². The van der Waals surface area contributed by atoms with E-state index in [1.54, 1.807) is 6.07 Å². The lowest BCUT2D eigenvalue weighted by molar-refractivity contribution is -0.115. The number of hydrogen-bond donors (Lipinski definition) is 3. The lowest BCUT2D eigenvalue weighted by Gasteiger charge is -2.09. The Bertz CT molecular complexity index is 461. The molecule has 5 nitrogen and oxygen atoms in total. The highest BCUT2D eigenvalue weighted by Crippen LogP contribution is 2.20. The number of anilines is 1. The van der Waals surface area contributed by atoms with Gasteiger partial charge in [0.05, 0.1) is 17.1 Å². The average molecular weight is 270 g/mol. The largest absolute Gasteiger partial charge is 0.366 e. The molecule has 18 heavy (non-hydrogen) atoms. The predicted molar refractivity (Wildman–Crippen MR) is 71.7 cm³/mol. The van der Waals surface area contributed by atoms with Crippen molar-refractivity contribution in [2.75, 3.05) is 11.9 Å². The van der Waals surface area contributed by atoms with Crippen molar-refractivity contribution in [3.8, 4) is 0 Å². The second-order valence-corrected chi connectivity index (χ2v) is 4.55. The van der Waals surface area contributed by atoms with Gasteiger partial charge in [-0.1, -0.05) is 25.4 Å². The van der Waals surface area contributed by atoms with Gasteiger partial charge >= 0.3 is 0 Å². The molecule has 1 aromatic rings. The van der Waals surface area contributed by atoms with Crippen LogP contribution in [0.25, 0.3) is 0 Å². The second kappa shape index (κ2) is 6.37. The van der Waals surface area contributed by atoms with Gasteiger partial charge in [0.1, 0.15) is 0 Å². The van der Waals surface area contributed by atoms with E-state index in [1.807, 2.05) is 13.8 Å². The maximum Gasteiger partial charge on any atom is 0.250 e. The zero-order valence-electron chi connectivity index (χ0n) is 10.3. The van der Waals surface area contributed by atoms with E-state index in [0.717, 1.165) is 0 Å². The standard InChI is InChI=1S/C12H16ClN3O2/c1-7(2)15-6-11(17)16-8-3-4-9(12(14)18)10(13)5-8/h3-5,7,15H,6H2,1-2H3,(H2,14,18)(H,16,17). The number of nitrogens with one attached hydrogen (secondary N) is 2. The highest BCUT2D eigenvalue weighted by molar-refractivity contribution is 6.34. The topological polar surface area (TPSA) is 84.2 Å². The third-order valence-corrected chi connectivity index (χ3v) is 2.50. The van der Waals surface area contributed by atoms with E-state index >= 15 is 0 Å². The monoisotopic (exact) mass is 269 g/mol. The number of nitrogens with two attached hydrogens (primary N) is 1. The third kappa shape index (κ3) is 4.35. The van der Waals surface area contributed by atoms with E-state index in [-0.39, 0.29) is 29.1 Å². The number of rotatable bonds is 5. The molecule has 0 aliphatic heterocycles. The Hall–Kier alpha value is -1.59. The SMILES string of the molecule is CC(C)NCC(=O)Nc1ccc(C(N)=O)c(Cl)c1. The van der Waals surface area contributed by atoms with Crippen LogP contribution in [0.2, 0.25) is 5.02 Å². The van der Waals surface area contributed by atoms with Crippen LogP contribution in [-0.2, 0) is 4.79 Å². The van der Waals surface area contributed by atoms with Crippen LogP contribution < -0.4 is 16.4 Å². The number of halogens is 1. The summed E-state index contributed by atoms with van der Waals surface area (Å²) in [5.41, 5.74) is 5.89. The summed E-state index contributed by atoms with van der Waals surface area (Å²) in [6.45, 7) is 4.12. The van der Waals surface area contributed by atoms with Crippen LogP contribution in [0.15, 0.2) is 18.2 Å². The Kier molecular flexibility index (Phi) is 5.12. The molecule has 0 atom stereocenters. The Morgan fingerprint density at radius 1 is 1.39 bits per heavy atom. The molecule has 0 aromatic heterocycles. The van der Waals surface area contributed by atoms with E-state index in [4.69, 9.17) is 17.3 Å². The highest BCUT2D eigenvalue weighted by Gasteiger charge is 2.08. The van der Waals surface area contributed by atoms with Crippen LogP contribution in [0.5, 0.6) is 0 Å². The maximum atomic E-state index is 11.5. The minimum absolute atomic E-state index is 0.174. The molecule has 0 saturated heterocycles. The van der Waals surface area contributed by atoms with Gasteiger partial charge in [0, 0.05) is 11.7 Å². The summed E-state index contributed by atoms with van der Waals surface area (Å²) in [5.74, 6) is -0.772. The molecule has 6 heteroatoms. The van der Waals surface area contributed by atoms with Gasteiger partial charge in [-0.3, -0.25) is 9.59 Å². The van der Waals surface area contributed by atoms with Gasteiger partial charge in [-0.05, 0) is 18.2 Å². The summed E-state index contributed by atoms with van der Waals surface area (Å²) >= 11 is 5.87. The number of carbonyl (C=O) groups is 2. The average Bonchev–Trinajstić information content (AvgIpc) is 2.26. The molecular formula is C12H16ClN3O2. The van der Waals surface area contributed by atoms with Crippen molar-refractivity contribution < 1.29 is 9.59 Å². The molecule has 0 aliphatic rings. The maximum absolute atomic E-state index is 11.5. The van der Waals surface area contributed by atoms with Gasteiger partial charge in [0.15, 0.2) is 0 Å². The lowest BCUT2D eigenvalue weighted by Crippen LogP contribution is -2.32. The van der Waals surface area contributed by atoms with Crippen molar-refractivity contribution in [2.24, 2.45) is 5.73 Å². The highest BCUT2D eigenvalue weighted by atomic mass is 35.5. The zero-order chi connectivity index (χ0) is 13.7. The molecule has 0 aliphatic carbocycles. The molecule has 1 rings (SSSR count). The molecule has 1 aromatic carbocycles. The summed E-state index contributed by atoms with van der Waals surface area (Å²) in [6.07, 6.45) is 0. The minimum Gasteiger partial charge on any atom is -0.366 e. The summed E-state index contributed by atoms with van der Waals surface area (Å²) in [7, 11) is 0. The van der Waals surface area contributed by atoms with E-state index < -0.39 is 5.91 Å². The van der Waals surface area contributed by atoms with Crippen molar-refractivity contribution >= 4 is 29.1 Å². The molecule has 98 valence electrons. The van der Waals surface area contributed by atoms with Gasteiger partial charge in [0.2, 0.25) is 11.8 Å². The fourth-order valence-electron chi connectivity index (χ4n) is 1.29. The fourth-order valence-corrected chi connectivity index (χ4v) is 1.57. The first-order valence-electron chi connectivity index (χ1n) is 5.52. The van der Waals surface area contributed by atoms with Gasteiger partial charge in [-0.15, -0.1) is 0 Å². The van der Waals surface area contributed by atoms with Crippen LogP contribution in [0.1, 0.15) is 24.2 Å². The molecule has 0 unspecified atom stereocenters. The van der Waals surface area contributed by atoms with Crippen LogP contribution in [-0.4, -0.2) is 24.4 Å². The molecule has 4 N–H and O–H groups in total. The van der Waals surface area contributed by atoms with Crippen molar-refractivity contribution in [1.29, 1.82) is 0 Å². The molecule has 0 fully saturated rings. The van der Waals surface area contributed by atoms with Gasteiger partial charge in [0.25, 0.3) is 0 Å². The van der Waals surface area contributed by atoms with Crippen molar-refractivity contribution in [3.05, 3.63) is 28.8 Å². The first-order chi connectivity index (χ1) is 8.40. The normalized spacial score (nSPS) is 10.4. The summed E-state index contributed by atoms with van der Waals surface area (Å²) in [5, 5.41) is 5.88. The van der Waals surface area contributed by atoms with E-state index in [0.29, 0.717) is 5.69 Å². The summed E-state index contributed by atoms with van der Waals surface area (Å²) in [6, 6.07) is 4.79. The van der Waals surface area contributed by atoms with Gasteiger partial charge in [-0.2, -0.15) is 0 Å². The number of primary amides is 1. The second-order valence-electron chi connectivity index (χ2n) is 4.14. The first kappa shape index (κ1) is 14.5.